The summed E-state index contributed by atoms with van der Waals surface area (Å²) in [5.41, 5.74) is 22.4. The highest BCUT2D eigenvalue weighted by Gasteiger charge is 2.42. The van der Waals surface area contributed by atoms with Crippen LogP contribution in [0.4, 0.5) is 13.2 Å². The lowest BCUT2D eigenvalue weighted by Gasteiger charge is -2.38. The van der Waals surface area contributed by atoms with Crippen molar-refractivity contribution >= 4 is 8.07 Å². The fraction of sp³-hybridized carbons (Fsp3) is 0.475. The third-order valence-corrected chi connectivity index (χ3v) is 30.1. The molecule has 5 fully saturated rings. The standard InChI is InChI=1S/C20H32Si.C16H19F.C15H17F.C15H18.C14H15F.2C14H18O.C14H16/c1-15(2)20-11-9-10-19(14-20)12-13-21(16(3)4,17(5)6)18(7)8;1-4-16(7-8-16)6-5-13-9-14(12(2)3)11-15(17)10-13;1-11(2)13-8-12(9-14(16)10-13)4-5-15(3)6-7-15;1-12(2)14-6-4-5-13(11-14)7-8-15(3)9-10-15;1-10(2)13-7-12(8-14(15)9-13)6-5-11-3-4-11;2*1-11(2)13-7-5-6-12(10-13)8-9-14(3,4)15;1-11(2)14-5-3-4-13(10-14)9-8-12-6-7-12/h9-11,14-18H,1-8H3;9-12H,4,7-8H2,1-3H3;8-11H,6-7H2,1-3H3;4-6,11-12H,9-10H2,1-3H3;7-11H,3-4H2,1-2H3;2*5-7,10-11,15H,1-4H3;3-5,10-12H,6-7H2,1-2H3. The molecule has 0 unspecified atom stereocenters. The first-order valence-electron chi connectivity index (χ1n) is 47.6. The Hall–Kier alpha value is -9.83. The Morgan fingerprint density at radius 2 is 0.555 bits per heavy atom. The van der Waals surface area contributed by atoms with E-state index in [1.165, 1.54) is 121 Å². The molecule has 5 aliphatic rings. The first-order chi connectivity index (χ1) is 60.0. The highest BCUT2D eigenvalue weighted by Crippen LogP contribution is 2.48. The maximum atomic E-state index is 13.4. The Morgan fingerprint density at radius 1 is 0.312 bits per heavy atom. The van der Waals surface area contributed by atoms with Crippen LogP contribution in [0.2, 0.25) is 16.6 Å². The van der Waals surface area contributed by atoms with Crippen LogP contribution in [0.25, 0.3) is 0 Å². The molecule has 678 valence electrons. The quantitative estimate of drug-likeness (QED) is 0.0945. The number of halogens is 3. The van der Waals surface area contributed by atoms with Gasteiger partial charge in [-0.25, -0.2) is 13.2 Å². The van der Waals surface area contributed by atoms with Gasteiger partial charge < -0.3 is 10.2 Å². The fourth-order valence-electron chi connectivity index (χ4n) is 13.8. The molecule has 0 radical (unpaired) electrons. The second-order valence-electron chi connectivity index (χ2n) is 41.0. The van der Waals surface area contributed by atoms with Crippen molar-refractivity contribution in [2.24, 2.45) is 28.1 Å². The van der Waals surface area contributed by atoms with Gasteiger partial charge in [0, 0.05) is 72.6 Å². The molecule has 0 atom stereocenters. The molecule has 5 aliphatic carbocycles. The van der Waals surface area contributed by atoms with Gasteiger partial charge in [0.05, 0.1) is 0 Å². The number of hydrogen-bond acceptors (Lipinski definition) is 2. The van der Waals surface area contributed by atoms with Crippen LogP contribution in [0.15, 0.2) is 176 Å². The molecule has 6 heteroatoms. The molecular weight excluding hydrogens is 1580 g/mol. The summed E-state index contributed by atoms with van der Waals surface area (Å²) in [4.78, 5) is 0. The molecule has 0 amide bonds. The minimum absolute atomic E-state index is 0.179. The molecule has 2 nitrogen and oxygen atoms in total. The lowest BCUT2D eigenvalue weighted by Crippen LogP contribution is -2.43. The zero-order valence-corrected chi connectivity index (χ0v) is 84.6. The lowest BCUT2D eigenvalue weighted by molar-refractivity contribution is 0.143. The summed E-state index contributed by atoms with van der Waals surface area (Å²) in [6.07, 6.45) is 13.4. The largest absolute Gasteiger partial charge is 0.378 e. The van der Waals surface area contributed by atoms with Crippen LogP contribution in [0, 0.1) is 140 Å². The van der Waals surface area contributed by atoms with E-state index in [9.17, 15) is 23.4 Å². The van der Waals surface area contributed by atoms with E-state index in [0.717, 1.165) is 56.5 Å². The molecule has 0 aliphatic heterocycles. The Morgan fingerprint density at radius 3 is 0.805 bits per heavy atom. The van der Waals surface area contributed by atoms with Gasteiger partial charge in [-0.2, -0.15) is 0 Å². The van der Waals surface area contributed by atoms with E-state index in [0.29, 0.717) is 81.2 Å². The second-order valence-corrected chi connectivity index (χ2v) is 46.6. The van der Waals surface area contributed by atoms with Gasteiger partial charge in [0.25, 0.3) is 0 Å². The average molecular weight is 1740 g/mol. The second kappa shape index (κ2) is 49.8. The third-order valence-electron chi connectivity index (χ3n) is 23.9. The van der Waals surface area contributed by atoms with Crippen molar-refractivity contribution in [1.82, 2.24) is 0 Å². The topological polar surface area (TPSA) is 40.5 Å². The zero-order valence-electron chi connectivity index (χ0n) is 83.6. The van der Waals surface area contributed by atoms with Crippen molar-refractivity contribution in [2.75, 3.05) is 0 Å². The number of aliphatic hydroxyl groups is 2. The van der Waals surface area contributed by atoms with Crippen LogP contribution in [0.5, 0.6) is 0 Å². The Bertz CT molecular complexity index is 5270. The number of benzene rings is 8. The molecule has 0 spiro atoms. The van der Waals surface area contributed by atoms with Crippen LogP contribution >= 0.6 is 0 Å². The van der Waals surface area contributed by atoms with Crippen LogP contribution in [0.3, 0.4) is 0 Å². The van der Waals surface area contributed by atoms with Gasteiger partial charge in [-0.3, -0.25) is 0 Å². The van der Waals surface area contributed by atoms with Gasteiger partial charge in [-0.1, -0.05) is 309 Å². The number of hydrogen-bond donors (Lipinski definition) is 2. The Labute approximate surface area is 777 Å². The van der Waals surface area contributed by atoms with E-state index in [4.69, 9.17) is 0 Å². The van der Waals surface area contributed by atoms with Crippen LogP contribution in [0.1, 0.15) is 408 Å². The summed E-state index contributed by atoms with van der Waals surface area (Å²) in [5, 5.41) is 19.0. The molecular formula is C122H153F3O2Si. The van der Waals surface area contributed by atoms with Gasteiger partial charge in [0.15, 0.2) is 0 Å². The maximum absolute atomic E-state index is 13.4. The van der Waals surface area contributed by atoms with Gasteiger partial charge in [0.1, 0.15) is 36.7 Å². The highest BCUT2D eigenvalue weighted by molar-refractivity contribution is 6.90. The van der Waals surface area contributed by atoms with E-state index >= 15 is 0 Å². The number of rotatable bonds is 12. The molecule has 128 heavy (non-hydrogen) atoms. The monoisotopic (exact) mass is 1740 g/mol. The lowest BCUT2D eigenvalue weighted by atomic mass is 9.99. The molecule has 0 aromatic heterocycles. The predicted molar refractivity (Wildman–Crippen MR) is 545 cm³/mol. The molecule has 13 rings (SSSR count). The summed E-state index contributed by atoms with van der Waals surface area (Å²) in [5.74, 6) is 51.8. The van der Waals surface area contributed by atoms with Gasteiger partial charge in [-0.05, 0) is 336 Å². The highest BCUT2D eigenvalue weighted by atomic mass is 28.3. The van der Waals surface area contributed by atoms with Gasteiger partial charge in [-0.15, -0.1) is 5.54 Å². The fourth-order valence-corrected chi connectivity index (χ4v) is 19.0. The third kappa shape index (κ3) is 40.0. The van der Waals surface area contributed by atoms with Gasteiger partial charge >= 0.3 is 0 Å². The van der Waals surface area contributed by atoms with Crippen molar-refractivity contribution in [3.05, 3.63) is 282 Å². The zero-order chi connectivity index (χ0) is 95.1. The Balaban J connectivity index is 0.000000226. The van der Waals surface area contributed by atoms with Crippen molar-refractivity contribution < 1.29 is 23.4 Å². The first kappa shape index (κ1) is 107. The van der Waals surface area contributed by atoms with E-state index in [1.54, 1.807) is 45.9 Å². The Kier molecular flexibility index (Phi) is 41.6. The molecule has 5 saturated carbocycles. The summed E-state index contributed by atoms with van der Waals surface area (Å²) >= 11 is 0. The van der Waals surface area contributed by atoms with Crippen molar-refractivity contribution in [3.8, 4) is 94.4 Å². The minimum atomic E-state index is -1.62. The van der Waals surface area contributed by atoms with Crippen molar-refractivity contribution in [2.45, 2.75) is 347 Å². The summed E-state index contributed by atoms with van der Waals surface area (Å²) in [6.45, 7) is 61.9. The predicted octanol–water partition coefficient (Wildman–Crippen LogP) is 32.1. The average Bonchev–Trinajstić information content (AvgIpc) is 1.30. The normalized spacial score (nSPS) is 14.3. The van der Waals surface area contributed by atoms with Crippen LogP contribution in [-0.4, -0.2) is 29.5 Å². The smallest absolute Gasteiger partial charge is 0.146 e. The minimum Gasteiger partial charge on any atom is -0.378 e. The molecule has 2 N–H and O–H groups in total. The summed E-state index contributed by atoms with van der Waals surface area (Å²) in [7, 11) is -1.62. The SMILES string of the molecule is CC(C)c1cc(F)cc(C#CC2(C)CC2)c1.CC(C)c1cc(F)cc(C#CC2CC2)c1.CC(C)c1cccc(C#CC(C)(C)O)c1.CC(C)c1cccc(C#CC(C)(C)O)c1.CC(C)c1cccc(C#CC2(C)CC2)c1.CC(C)c1cccc(C#CC2CC2)c1.CC(C)c1cccc(C#C[Si](C(C)C)(C(C)C)C(C)C)c1.CCC1(C#Cc2cc(F)cc(C(C)C)c2)CC1. The van der Waals surface area contributed by atoms with E-state index in [2.05, 4.69) is 365 Å². The summed E-state index contributed by atoms with van der Waals surface area (Å²) < 4.78 is 40.1. The van der Waals surface area contributed by atoms with E-state index < -0.39 is 19.3 Å². The van der Waals surface area contributed by atoms with Crippen molar-refractivity contribution in [3.63, 3.8) is 0 Å². The maximum Gasteiger partial charge on any atom is 0.146 e. The molecule has 8 aromatic rings. The molecule has 0 bridgehead atoms. The molecule has 0 saturated heterocycles. The van der Waals surface area contributed by atoms with Crippen molar-refractivity contribution in [1.29, 1.82) is 0 Å². The molecule has 0 heterocycles. The van der Waals surface area contributed by atoms with Crippen LogP contribution < -0.4 is 0 Å². The first-order valence-corrected chi connectivity index (χ1v) is 49.8. The summed E-state index contributed by atoms with van der Waals surface area (Å²) in [6, 6.07) is 57.5. The van der Waals surface area contributed by atoms with Crippen LogP contribution in [-0.2, 0) is 0 Å². The van der Waals surface area contributed by atoms with E-state index in [-0.39, 0.29) is 28.3 Å². The molecule has 8 aromatic carbocycles. The van der Waals surface area contributed by atoms with E-state index in [1.807, 2.05) is 42.5 Å². The van der Waals surface area contributed by atoms with Gasteiger partial charge in [0.2, 0.25) is 0 Å².